The molecule has 0 aromatic carbocycles. The van der Waals surface area contributed by atoms with E-state index in [1.807, 2.05) is 13.8 Å². The molecule has 1 rings (SSSR count). The highest BCUT2D eigenvalue weighted by Gasteiger charge is 2.10. The fourth-order valence-corrected chi connectivity index (χ4v) is 0.921. The van der Waals surface area contributed by atoms with Crippen LogP contribution in [0.4, 0.5) is 0 Å². The Balaban J connectivity index is 2.58. The average molecular weight is 184 g/mol. The number of aromatic nitrogens is 2. The molecular formula is C8H12N2O3. The lowest BCUT2D eigenvalue weighted by Crippen LogP contribution is -1.99. The highest BCUT2D eigenvalue weighted by molar-refractivity contribution is 5.68. The monoisotopic (exact) mass is 184 g/mol. The number of rotatable bonds is 4. The van der Waals surface area contributed by atoms with Crippen LogP contribution in [0.3, 0.4) is 0 Å². The van der Waals surface area contributed by atoms with Crippen LogP contribution in [0, 0.1) is 5.92 Å². The van der Waals surface area contributed by atoms with Crippen molar-refractivity contribution < 1.29 is 14.3 Å². The minimum Gasteiger partial charge on any atom is -0.481 e. The van der Waals surface area contributed by atoms with E-state index in [9.17, 15) is 4.79 Å². The second-order valence-corrected chi connectivity index (χ2v) is 3.26. The van der Waals surface area contributed by atoms with Gasteiger partial charge in [0.15, 0.2) is 0 Å². The number of carboxylic acid groups (broad SMARTS) is 1. The van der Waals surface area contributed by atoms with Crippen LogP contribution in [-0.4, -0.2) is 21.3 Å². The van der Waals surface area contributed by atoms with Crippen LogP contribution >= 0.6 is 0 Å². The van der Waals surface area contributed by atoms with E-state index >= 15 is 0 Å². The summed E-state index contributed by atoms with van der Waals surface area (Å²) in [5.74, 6) is 0.146. The molecule has 1 aromatic rings. The number of carbonyl (C=O) groups is 1. The first-order chi connectivity index (χ1) is 6.08. The zero-order chi connectivity index (χ0) is 9.84. The van der Waals surface area contributed by atoms with E-state index < -0.39 is 5.97 Å². The van der Waals surface area contributed by atoms with Crippen LogP contribution in [0.25, 0.3) is 0 Å². The van der Waals surface area contributed by atoms with Gasteiger partial charge in [-0.1, -0.05) is 13.8 Å². The fraction of sp³-hybridized carbons (Fsp3) is 0.625. The zero-order valence-corrected chi connectivity index (χ0v) is 7.65. The molecule has 1 N–H and O–H groups in total. The molecule has 72 valence electrons. The molecule has 0 fully saturated rings. The normalized spacial score (nSPS) is 10.7. The molecule has 0 aliphatic rings. The Morgan fingerprint density at radius 1 is 1.46 bits per heavy atom. The Morgan fingerprint density at radius 2 is 2.08 bits per heavy atom. The van der Waals surface area contributed by atoms with Gasteiger partial charge in [0.2, 0.25) is 11.8 Å². The van der Waals surface area contributed by atoms with Gasteiger partial charge in [0.05, 0.1) is 0 Å². The zero-order valence-electron chi connectivity index (χ0n) is 7.65. The molecule has 0 bridgehead atoms. The molecule has 0 aliphatic heterocycles. The van der Waals surface area contributed by atoms with E-state index in [1.54, 1.807) is 0 Å². The van der Waals surface area contributed by atoms with Gasteiger partial charge in [-0.25, -0.2) is 0 Å². The fourth-order valence-electron chi connectivity index (χ4n) is 0.921. The lowest BCUT2D eigenvalue weighted by atomic mass is 10.1. The summed E-state index contributed by atoms with van der Waals surface area (Å²) in [6.45, 7) is 4.06. The van der Waals surface area contributed by atoms with Gasteiger partial charge in [-0.3, -0.25) is 4.79 Å². The summed E-state index contributed by atoms with van der Waals surface area (Å²) < 4.78 is 5.10. The average Bonchev–Trinajstić information content (AvgIpc) is 2.33. The third-order valence-corrected chi connectivity index (χ3v) is 1.39. The van der Waals surface area contributed by atoms with Crippen LogP contribution in [0.15, 0.2) is 4.42 Å². The predicted molar refractivity (Wildman–Crippen MR) is 44.2 cm³/mol. The van der Waals surface area contributed by atoms with Crippen molar-refractivity contribution in [3.8, 4) is 0 Å². The van der Waals surface area contributed by atoms with Crippen molar-refractivity contribution in [3.05, 3.63) is 11.8 Å². The van der Waals surface area contributed by atoms with Gasteiger partial charge < -0.3 is 9.52 Å². The second-order valence-electron chi connectivity index (χ2n) is 3.26. The van der Waals surface area contributed by atoms with Gasteiger partial charge in [-0.05, 0) is 5.92 Å². The molecule has 0 radical (unpaired) electrons. The summed E-state index contributed by atoms with van der Waals surface area (Å²) >= 11 is 0. The topological polar surface area (TPSA) is 76.2 Å². The van der Waals surface area contributed by atoms with E-state index in [4.69, 9.17) is 9.52 Å². The lowest BCUT2D eigenvalue weighted by Gasteiger charge is -1.96. The van der Waals surface area contributed by atoms with Crippen LogP contribution in [-0.2, 0) is 17.6 Å². The third-order valence-electron chi connectivity index (χ3n) is 1.39. The molecule has 0 amide bonds. The van der Waals surface area contributed by atoms with Gasteiger partial charge in [-0.15, -0.1) is 10.2 Å². The Bertz CT molecular complexity index is 293. The minimum atomic E-state index is -0.959. The molecule has 0 spiro atoms. The van der Waals surface area contributed by atoms with Crippen LogP contribution in [0.1, 0.15) is 25.6 Å². The van der Waals surface area contributed by atoms with Crippen molar-refractivity contribution in [2.75, 3.05) is 0 Å². The Labute approximate surface area is 75.8 Å². The number of aliphatic carboxylic acids is 1. The maximum atomic E-state index is 10.3. The molecule has 1 heterocycles. The lowest BCUT2D eigenvalue weighted by molar-refractivity contribution is -0.136. The van der Waals surface area contributed by atoms with Gasteiger partial charge >= 0.3 is 5.97 Å². The van der Waals surface area contributed by atoms with Crippen molar-refractivity contribution in [2.45, 2.75) is 26.7 Å². The van der Waals surface area contributed by atoms with E-state index in [-0.39, 0.29) is 12.3 Å². The number of hydrogen-bond acceptors (Lipinski definition) is 4. The molecule has 0 unspecified atom stereocenters. The highest BCUT2D eigenvalue weighted by Crippen LogP contribution is 2.06. The Hall–Kier alpha value is -1.39. The van der Waals surface area contributed by atoms with E-state index in [0.717, 1.165) is 0 Å². The van der Waals surface area contributed by atoms with E-state index in [1.165, 1.54) is 0 Å². The maximum absolute atomic E-state index is 10.3. The first-order valence-electron chi connectivity index (χ1n) is 4.11. The van der Waals surface area contributed by atoms with Gasteiger partial charge in [-0.2, -0.15) is 0 Å². The summed E-state index contributed by atoms with van der Waals surface area (Å²) in [4.78, 5) is 10.3. The van der Waals surface area contributed by atoms with E-state index in [0.29, 0.717) is 18.2 Å². The number of nitrogens with zero attached hydrogens (tertiary/aromatic N) is 2. The van der Waals surface area contributed by atoms with Crippen molar-refractivity contribution in [3.63, 3.8) is 0 Å². The molecule has 5 heteroatoms. The molecule has 0 saturated carbocycles. The van der Waals surface area contributed by atoms with Crippen molar-refractivity contribution >= 4 is 5.97 Å². The quantitative estimate of drug-likeness (QED) is 0.752. The molecular weight excluding hydrogens is 172 g/mol. The van der Waals surface area contributed by atoms with Crippen LogP contribution < -0.4 is 0 Å². The second kappa shape index (κ2) is 4.02. The Kier molecular flexibility index (Phi) is 3.00. The van der Waals surface area contributed by atoms with Crippen molar-refractivity contribution in [1.29, 1.82) is 0 Å². The van der Waals surface area contributed by atoms with Gasteiger partial charge in [0, 0.05) is 6.42 Å². The highest BCUT2D eigenvalue weighted by atomic mass is 16.4. The summed E-state index contributed by atoms with van der Waals surface area (Å²) in [6.07, 6.45) is 0.484. The SMILES string of the molecule is CC(C)Cc1nnc(CC(=O)O)o1. The summed E-state index contributed by atoms with van der Waals surface area (Å²) in [6, 6.07) is 0. The number of carboxylic acids is 1. The van der Waals surface area contributed by atoms with E-state index in [2.05, 4.69) is 10.2 Å². The van der Waals surface area contributed by atoms with Crippen LogP contribution in [0.2, 0.25) is 0 Å². The largest absolute Gasteiger partial charge is 0.481 e. The third kappa shape index (κ3) is 3.23. The molecule has 0 atom stereocenters. The summed E-state index contributed by atoms with van der Waals surface area (Å²) in [5, 5.41) is 15.8. The predicted octanol–water partition coefficient (Wildman–Crippen LogP) is 0.895. The van der Waals surface area contributed by atoms with Crippen molar-refractivity contribution in [1.82, 2.24) is 10.2 Å². The van der Waals surface area contributed by atoms with Gasteiger partial charge in [0.1, 0.15) is 6.42 Å². The molecule has 0 saturated heterocycles. The molecule has 13 heavy (non-hydrogen) atoms. The number of hydrogen-bond donors (Lipinski definition) is 1. The molecule has 0 aliphatic carbocycles. The Morgan fingerprint density at radius 3 is 2.62 bits per heavy atom. The maximum Gasteiger partial charge on any atom is 0.312 e. The minimum absolute atomic E-state index is 0.170. The first kappa shape index (κ1) is 9.70. The molecule has 1 aromatic heterocycles. The first-order valence-corrected chi connectivity index (χ1v) is 4.11. The summed E-state index contributed by atoms with van der Waals surface area (Å²) in [5.41, 5.74) is 0. The smallest absolute Gasteiger partial charge is 0.312 e. The standard InChI is InChI=1S/C8H12N2O3/c1-5(2)3-6-9-10-7(13-6)4-8(11)12/h5H,3-4H2,1-2H3,(H,11,12). The molecule has 5 nitrogen and oxygen atoms in total. The summed E-state index contributed by atoms with van der Waals surface area (Å²) in [7, 11) is 0. The van der Waals surface area contributed by atoms with Crippen LogP contribution in [0.5, 0.6) is 0 Å². The van der Waals surface area contributed by atoms with Gasteiger partial charge in [0.25, 0.3) is 0 Å². The van der Waals surface area contributed by atoms with Crippen molar-refractivity contribution in [2.24, 2.45) is 5.92 Å².